The lowest BCUT2D eigenvalue weighted by Gasteiger charge is -1.98. The largest absolute Gasteiger partial charge is 0.375 e. The minimum Gasteiger partial charge on any atom is -0.375 e. The van der Waals surface area contributed by atoms with Crippen LogP contribution < -0.4 is 5.73 Å². The van der Waals surface area contributed by atoms with Crippen LogP contribution in [0, 0.1) is 16.5 Å². The molecule has 0 spiro atoms. The fraction of sp³-hybridized carbons (Fsp3) is 0. The minimum absolute atomic E-state index is 0.304. The number of nitrogens with zero attached hydrogens (tertiary/aromatic N) is 2. The third-order valence-electron chi connectivity index (χ3n) is 1.87. The number of nitrogens with two attached hydrogens (primary N) is 1. The molecule has 80 valence electrons. The van der Waals surface area contributed by atoms with Gasteiger partial charge in [-0.2, -0.15) is 5.26 Å². The smallest absolute Gasteiger partial charge is 0.181 e. The Kier molecular flexibility index (Phi) is 3.08. The summed E-state index contributed by atoms with van der Waals surface area (Å²) in [5.41, 5.74) is 6.98. The molecule has 3 nitrogen and oxygen atoms in total. The van der Waals surface area contributed by atoms with Crippen LogP contribution in [-0.2, 0) is 0 Å². The van der Waals surface area contributed by atoms with Crippen molar-refractivity contribution in [3.8, 4) is 16.7 Å². The summed E-state index contributed by atoms with van der Waals surface area (Å²) in [4.78, 5) is 4.13. The molecular weight excluding hydrogens is 245 g/mol. The Morgan fingerprint density at radius 1 is 1.38 bits per heavy atom. The van der Waals surface area contributed by atoms with E-state index in [-0.39, 0.29) is 5.82 Å². The SMILES string of the molecule is N#CSc1sc(N)nc1-c1ccc(F)cc1. The first-order valence-corrected chi connectivity index (χ1v) is 5.92. The predicted molar refractivity (Wildman–Crippen MR) is 63.4 cm³/mol. The number of hydrogen-bond acceptors (Lipinski definition) is 5. The summed E-state index contributed by atoms with van der Waals surface area (Å²) in [5, 5.41) is 11.0. The van der Waals surface area contributed by atoms with E-state index in [1.807, 2.05) is 5.40 Å². The molecule has 0 bridgehead atoms. The molecule has 0 aliphatic heterocycles. The Bertz CT molecular complexity index is 542. The van der Waals surface area contributed by atoms with E-state index in [0.717, 1.165) is 21.5 Å². The van der Waals surface area contributed by atoms with Crippen molar-refractivity contribution >= 4 is 28.2 Å². The molecule has 16 heavy (non-hydrogen) atoms. The van der Waals surface area contributed by atoms with Crippen LogP contribution in [0.25, 0.3) is 11.3 Å². The van der Waals surface area contributed by atoms with E-state index >= 15 is 0 Å². The zero-order valence-electron chi connectivity index (χ0n) is 7.98. The van der Waals surface area contributed by atoms with Crippen LogP contribution in [0.3, 0.4) is 0 Å². The van der Waals surface area contributed by atoms with E-state index in [1.165, 1.54) is 23.5 Å². The van der Waals surface area contributed by atoms with Crippen molar-refractivity contribution in [3.05, 3.63) is 30.1 Å². The molecule has 2 aromatic rings. The summed E-state index contributed by atoms with van der Waals surface area (Å²) in [6.45, 7) is 0. The van der Waals surface area contributed by atoms with Gasteiger partial charge in [-0.25, -0.2) is 9.37 Å². The van der Waals surface area contributed by atoms with E-state index in [2.05, 4.69) is 4.98 Å². The molecular formula is C10H6FN3S2. The molecule has 6 heteroatoms. The zero-order chi connectivity index (χ0) is 11.5. The van der Waals surface area contributed by atoms with Gasteiger partial charge in [-0.05, 0) is 24.3 Å². The van der Waals surface area contributed by atoms with E-state index < -0.39 is 0 Å². The fourth-order valence-electron chi connectivity index (χ4n) is 1.22. The molecule has 0 atom stereocenters. The summed E-state index contributed by atoms with van der Waals surface area (Å²) < 4.78 is 13.5. The van der Waals surface area contributed by atoms with Crippen LogP contribution in [0.15, 0.2) is 28.5 Å². The lowest BCUT2D eigenvalue weighted by atomic mass is 10.2. The first-order chi connectivity index (χ1) is 7.70. The van der Waals surface area contributed by atoms with Crippen molar-refractivity contribution < 1.29 is 4.39 Å². The van der Waals surface area contributed by atoms with Crippen LogP contribution in [-0.4, -0.2) is 4.98 Å². The number of nitriles is 1. The molecule has 0 unspecified atom stereocenters. The highest BCUT2D eigenvalue weighted by Gasteiger charge is 2.12. The molecule has 1 aromatic heterocycles. The van der Waals surface area contributed by atoms with E-state index in [0.29, 0.717) is 10.8 Å². The lowest BCUT2D eigenvalue weighted by molar-refractivity contribution is 0.628. The third kappa shape index (κ3) is 2.15. The Balaban J connectivity index is 2.47. The monoisotopic (exact) mass is 251 g/mol. The van der Waals surface area contributed by atoms with Crippen LogP contribution >= 0.6 is 23.1 Å². The first-order valence-electron chi connectivity index (χ1n) is 4.29. The second kappa shape index (κ2) is 4.51. The topological polar surface area (TPSA) is 62.7 Å². The molecule has 0 radical (unpaired) electrons. The van der Waals surface area contributed by atoms with Gasteiger partial charge in [0.2, 0.25) is 0 Å². The minimum atomic E-state index is -0.304. The van der Waals surface area contributed by atoms with Gasteiger partial charge in [0.25, 0.3) is 0 Å². The van der Waals surface area contributed by atoms with Crippen molar-refractivity contribution in [2.24, 2.45) is 0 Å². The van der Waals surface area contributed by atoms with Gasteiger partial charge in [-0.3, -0.25) is 0 Å². The molecule has 0 amide bonds. The van der Waals surface area contributed by atoms with Crippen molar-refractivity contribution in [3.63, 3.8) is 0 Å². The molecule has 0 saturated carbocycles. The van der Waals surface area contributed by atoms with Gasteiger partial charge in [0, 0.05) is 17.3 Å². The van der Waals surface area contributed by atoms with Crippen molar-refractivity contribution in [2.75, 3.05) is 5.73 Å². The summed E-state index contributed by atoms with van der Waals surface area (Å²) >= 11 is 2.26. The molecule has 0 aliphatic rings. The van der Waals surface area contributed by atoms with Gasteiger partial charge in [-0.15, -0.1) is 0 Å². The highest BCUT2D eigenvalue weighted by Crippen LogP contribution is 2.36. The normalized spacial score (nSPS) is 10.0. The standard InChI is InChI=1S/C10H6FN3S2/c11-7-3-1-6(2-4-7)8-9(15-5-12)16-10(13)14-8/h1-4H,(H2,13,14). The summed E-state index contributed by atoms with van der Waals surface area (Å²) in [7, 11) is 0. The molecule has 2 N–H and O–H groups in total. The summed E-state index contributed by atoms with van der Waals surface area (Å²) in [6, 6.07) is 5.94. The molecule has 0 saturated heterocycles. The quantitative estimate of drug-likeness (QED) is 0.658. The molecule has 2 rings (SSSR count). The number of anilines is 1. The highest BCUT2D eigenvalue weighted by atomic mass is 32.2. The maximum atomic E-state index is 12.8. The number of halogens is 1. The Labute approximate surface area is 99.7 Å². The van der Waals surface area contributed by atoms with Gasteiger partial charge >= 0.3 is 0 Å². The van der Waals surface area contributed by atoms with E-state index in [1.54, 1.807) is 12.1 Å². The van der Waals surface area contributed by atoms with Crippen LogP contribution in [0.5, 0.6) is 0 Å². The number of rotatable bonds is 2. The first kappa shape index (κ1) is 10.9. The maximum absolute atomic E-state index is 12.8. The number of thiazole rings is 1. The second-order valence-electron chi connectivity index (χ2n) is 2.89. The van der Waals surface area contributed by atoms with Crippen molar-refractivity contribution in [1.82, 2.24) is 4.98 Å². The van der Waals surface area contributed by atoms with Gasteiger partial charge in [0.1, 0.15) is 15.4 Å². The van der Waals surface area contributed by atoms with Crippen LogP contribution in [0.4, 0.5) is 9.52 Å². The number of benzene rings is 1. The summed E-state index contributed by atoms with van der Waals surface area (Å²) in [6.07, 6.45) is 0. The highest BCUT2D eigenvalue weighted by molar-refractivity contribution is 8.05. The third-order valence-corrected chi connectivity index (χ3v) is 3.52. The maximum Gasteiger partial charge on any atom is 0.181 e. The molecule has 0 aliphatic carbocycles. The van der Waals surface area contributed by atoms with Gasteiger partial charge in [-0.1, -0.05) is 11.3 Å². The zero-order valence-corrected chi connectivity index (χ0v) is 9.61. The molecule has 1 aromatic carbocycles. The van der Waals surface area contributed by atoms with Gasteiger partial charge in [0.15, 0.2) is 5.13 Å². The molecule has 0 fully saturated rings. The summed E-state index contributed by atoms with van der Waals surface area (Å²) in [5.74, 6) is -0.304. The Hall–Kier alpha value is -1.58. The second-order valence-corrected chi connectivity index (χ2v) is 4.97. The Morgan fingerprint density at radius 2 is 2.06 bits per heavy atom. The van der Waals surface area contributed by atoms with Crippen LogP contribution in [0.2, 0.25) is 0 Å². The van der Waals surface area contributed by atoms with Crippen LogP contribution in [0.1, 0.15) is 0 Å². The average Bonchev–Trinajstić information content (AvgIpc) is 2.61. The fourth-order valence-corrected chi connectivity index (χ4v) is 2.69. The average molecular weight is 251 g/mol. The number of hydrogen-bond donors (Lipinski definition) is 1. The number of nitrogen functional groups attached to an aromatic ring is 1. The predicted octanol–water partition coefficient (Wildman–Crippen LogP) is 3.10. The Morgan fingerprint density at radius 3 is 2.69 bits per heavy atom. The van der Waals surface area contributed by atoms with Gasteiger partial charge in [0.05, 0.1) is 5.69 Å². The number of aromatic nitrogens is 1. The number of thiocyanates is 1. The van der Waals surface area contributed by atoms with Crippen molar-refractivity contribution in [1.29, 1.82) is 5.26 Å². The number of thioether (sulfide) groups is 1. The van der Waals surface area contributed by atoms with Crippen molar-refractivity contribution in [2.45, 2.75) is 4.21 Å². The lowest BCUT2D eigenvalue weighted by Crippen LogP contribution is -1.84. The van der Waals surface area contributed by atoms with E-state index in [4.69, 9.17) is 11.0 Å². The molecule has 1 heterocycles. The van der Waals surface area contributed by atoms with Gasteiger partial charge < -0.3 is 5.73 Å². The van der Waals surface area contributed by atoms with E-state index in [9.17, 15) is 4.39 Å².